The Hall–Kier alpha value is -0.570. The van der Waals surface area contributed by atoms with Crippen molar-refractivity contribution in [3.63, 3.8) is 0 Å². The van der Waals surface area contributed by atoms with E-state index in [1.165, 1.54) is 38.5 Å². The molecule has 1 amide bonds. The number of carbonyl (C=O) groups is 1. The Morgan fingerprint density at radius 2 is 1.79 bits per heavy atom. The lowest BCUT2D eigenvalue weighted by Crippen LogP contribution is -2.56. The monoisotopic (exact) mass is 266 g/mol. The summed E-state index contributed by atoms with van der Waals surface area (Å²) in [6, 6.07) is 0.513. The third kappa shape index (κ3) is 2.67. The average Bonchev–Trinajstić information content (AvgIpc) is 2.49. The molecule has 3 heteroatoms. The SMILES string of the molecule is CCC(CC)(CN)C(=O)N1CCC[C@H]2CCCC[C@H]21. The number of amides is 1. The van der Waals surface area contributed by atoms with Crippen LogP contribution in [-0.2, 0) is 4.79 Å². The Morgan fingerprint density at radius 1 is 1.16 bits per heavy atom. The van der Waals surface area contributed by atoms with Crippen molar-refractivity contribution in [1.29, 1.82) is 0 Å². The van der Waals surface area contributed by atoms with Gasteiger partial charge in [-0.3, -0.25) is 4.79 Å². The van der Waals surface area contributed by atoms with E-state index in [1.807, 2.05) is 0 Å². The van der Waals surface area contributed by atoms with Crippen LogP contribution in [0.1, 0.15) is 65.2 Å². The van der Waals surface area contributed by atoms with Crippen molar-refractivity contribution >= 4 is 5.91 Å². The highest BCUT2D eigenvalue weighted by Gasteiger charge is 2.43. The van der Waals surface area contributed by atoms with Crippen molar-refractivity contribution in [2.24, 2.45) is 17.1 Å². The van der Waals surface area contributed by atoms with Gasteiger partial charge in [0, 0.05) is 19.1 Å². The minimum absolute atomic E-state index is 0.306. The van der Waals surface area contributed by atoms with Crippen molar-refractivity contribution < 1.29 is 4.79 Å². The van der Waals surface area contributed by atoms with Gasteiger partial charge in [-0.1, -0.05) is 26.7 Å². The van der Waals surface area contributed by atoms with Crippen LogP contribution in [0.2, 0.25) is 0 Å². The van der Waals surface area contributed by atoms with E-state index in [0.717, 1.165) is 25.3 Å². The van der Waals surface area contributed by atoms with Gasteiger partial charge in [-0.15, -0.1) is 0 Å². The molecule has 0 bridgehead atoms. The summed E-state index contributed by atoms with van der Waals surface area (Å²) < 4.78 is 0. The first-order chi connectivity index (χ1) is 9.18. The number of nitrogens with zero attached hydrogens (tertiary/aromatic N) is 1. The van der Waals surface area contributed by atoms with E-state index in [-0.39, 0.29) is 5.41 Å². The number of hydrogen-bond donors (Lipinski definition) is 1. The summed E-state index contributed by atoms with van der Waals surface area (Å²) in [6.45, 7) is 5.67. The first-order valence-corrected chi connectivity index (χ1v) is 8.19. The van der Waals surface area contributed by atoms with Crippen molar-refractivity contribution in [2.75, 3.05) is 13.1 Å². The molecule has 0 radical (unpaired) electrons. The highest BCUT2D eigenvalue weighted by Crippen LogP contribution is 2.38. The van der Waals surface area contributed by atoms with Gasteiger partial charge in [0.05, 0.1) is 5.41 Å². The molecule has 0 aromatic carbocycles. The number of piperidine rings is 1. The molecule has 3 nitrogen and oxygen atoms in total. The molecule has 0 unspecified atom stereocenters. The van der Waals surface area contributed by atoms with Crippen LogP contribution < -0.4 is 5.73 Å². The zero-order valence-electron chi connectivity index (χ0n) is 12.7. The second-order valence-electron chi connectivity index (χ2n) is 6.44. The molecular formula is C16H30N2O. The predicted molar refractivity (Wildman–Crippen MR) is 78.8 cm³/mol. The summed E-state index contributed by atoms with van der Waals surface area (Å²) in [5.74, 6) is 1.10. The van der Waals surface area contributed by atoms with Gasteiger partial charge in [-0.05, 0) is 44.4 Å². The number of carbonyl (C=O) groups excluding carboxylic acids is 1. The number of likely N-dealkylation sites (tertiary alicyclic amines) is 1. The highest BCUT2D eigenvalue weighted by atomic mass is 16.2. The van der Waals surface area contributed by atoms with Crippen LogP contribution in [0, 0.1) is 11.3 Å². The minimum atomic E-state index is -0.306. The zero-order valence-corrected chi connectivity index (χ0v) is 12.7. The Balaban J connectivity index is 2.16. The van der Waals surface area contributed by atoms with Crippen molar-refractivity contribution in [3.05, 3.63) is 0 Å². The van der Waals surface area contributed by atoms with Crippen molar-refractivity contribution in [3.8, 4) is 0 Å². The lowest BCUT2D eigenvalue weighted by molar-refractivity contribution is -0.148. The molecule has 0 aromatic rings. The van der Waals surface area contributed by atoms with Crippen LogP contribution in [-0.4, -0.2) is 29.9 Å². The van der Waals surface area contributed by atoms with E-state index in [4.69, 9.17) is 5.73 Å². The third-order valence-corrected chi connectivity index (χ3v) is 5.70. The fourth-order valence-electron chi connectivity index (χ4n) is 4.11. The van der Waals surface area contributed by atoms with Gasteiger partial charge in [-0.25, -0.2) is 0 Å². The smallest absolute Gasteiger partial charge is 0.230 e. The molecule has 0 spiro atoms. The Kier molecular flexibility index (Phi) is 4.88. The second kappa shape index (κ2) is 6.25. The van der Waals surface area contributed by atoms with E-state index >= 15 is 0 Å². The first-order valence-electron chi connectivity index (χ1n) is 8.19. The van der Waals surface area contributed by atoms with Gasteiger partial charge in [0.2, 0.25) is 5.91 Å². The quantitative estimate of drug-likeness (QED) is 0.850. The molecule has 1 saturated heterocycles. The highest BCUT2D eigenvalue weighted by molar-refractivity contribution is 5.83. The summed E-state index contributed by atoms with van der Waals surface area (Å²) >= 11 is 0. The van der Waals surface area contributed by atoms with E-state index in [9.17, 15) is 4.79 Å². The summed E-state index contributed by atoms with van der Waals surface area (Å²) in [5, 5.41) is 0. The Morgan fingerprint density at radius 3 is 2.42 bits per heavy atom. The molecule has 2 aliphatic rings. The maximum absolute atomic E-state index is 13.0. The summed E-state index contributed by atoms with van der Waals surface area (Å²) in [5.41, 5.74) is 5.65. The van der Waals surface area contributed by atoms with Gasteiger partial charge in [0.1, 0.15) is 0 Å². The van der Waals surface area contributed by atoms with E-state index in [2.05, 4.69) is 18.7 Å². The van der Waals surface area contributed by atoms with Crippen LogP contribution >= 0.6 is 0 Å². The number of hydrogen-bond acceptors (Lipinski definition) is 2. The van der Waals surface area contributed by atoms with Crippen LogP contribution in [0.4, 0.5) is 0 Å². The summed E-state index contributed by atoms with van der Waals surface area (Å²) in [6.07, 6.45) is 9.42. The van der Waals surface area contributed by atoms with Gasteiger partial charge in [-0.2, -0.15) is 0 Å². The largest absolute Gasteiger partial charge is 0.339 e. The van der Waals surface area contributed by atoms with E-state index < -0.39 is 0 Å². The average molecular weight is 266 g/mol. The standard InChI is InChI=1S/C16H30N2O/c1-3-16(4-2,12-17)15(19)18-11-7-9-13-8-5-6-10-14(13)18/h13-14H,3-12,17H2,1-2H3/t13-,14-/m1/s1. The molecule has 1 saturated carbocycles. The maximum Gasteiger partial charge on any atom is 0.230 e. The fourth-order valence-corrected chi connectivity index (χ4v) is 4.11. The van der Waals surface area contributed by atoms with E-state index in [0.29, 0.717) is 18.5 Å². The van der Waals surface area contributed by atoms with Gasteiger partial charge in [0.25, 0.3) is 0 Å². The van der Waals surface area contributed by atoms with Crippen molar-refractivity contribution in [2.45, 2.75) is 71.3 Å². The lowest BCUT2D eigenvalue weighted by Gasteiger charge is -2.47. The number of nitrogens with two attached hydrogens (primary N) is 1. The number of rotatable bonds is 4. The topological polar surface area (TPSA) is 46.3 Å². The Bertz CT molecular complexity index is 302. The van der Waals surface area contributed by atoms with Crippen molar-refractivity contribution in [1.82, 2.24) is 4.90 Å². The number of fused-ring (bicyclic) bond motifs is 1. The zero-order chi connectivity index (χ0) is 13.9. The third-order valence-electron chi connectivity index (χ3n) is 5.70. The predicted octanol–water partition coefficient (Wildman–Crippen LogP) is 2.93. The van der Waals surface area contributed by atoms with Gasteiger partial charge >= 0.3 is 0 Å². The second-order valence-corrected chi connectivity index (χ2v) is 6.44. The lowest BCUT2D eigenvalue weighted by atomic mass is 9.75. The summed E-state index contributed by atoms with van der Waals surface area (Å²) in [7, 11) is 0. The molecule has 1 heterocycles. The minimum Gasteiger partial charge on any atom is -0.339 e. The van der Waals surface area contributed by atoms with Gasteiger partial charge in [0.15, 0.2) is 0 Å². The van der Waals surface area contributed by atoms with E-state index in [1.54, 1.807) is 0 Å². The van der Waals surface area contributed by atoms with Crippen LogP contribution in [0.3, 0.4) is 0 Å². The molecule has 0 aromatic heterocycles. The van der Waals surface area contributed by atoms with Crippen LogP contribution in [0.25, 0.3) is 0 Å². The van der Waals surface area contributed by atoms with Gasteiger partial charge < -0.3 is 10.6 Å². The molecule has 1 aliphatic heterocycles. The molecule has 2 rings (SSSR count). The summed E-state index contributed by atoms with van der Waals surface area (Å²) in [4.78, 5) is 15.2. The molecule has 2 N–H and O–H groups in total. The van der Waals surface area contributed by atoms with Crippen LogP contribution in [0.15, 0.2) is 0 Å². The molecule has 2 atom stereocenters. The molecule has 19 heavy (non-hydrogen) atoms. The Labute approximate surface area is 117 Å². The van der Waals surface area contributed by atoms with Crippen LogP contribution in [0.5, 0.6) is 0 Å². The first kappa shape index (κ1) is 14.8. The normalized spacial score (nSPS) is 28.1. The molecule has 2 fully saturated rings. The molecule has 110 valence electrons. The molecule has 1 aliphatic carbocycles. The fraction of sp³-hybridized carbons (Fsp3) is 0.938. The molecular weight excluding hydrogens is 236 g/mol. The maximum atomic E-state index is 13.0.